The predicted molar refractivity (Wildman–Crippen MR) is 82.1 cm³/mol. The zero-order chi connectivity index (χ0) is 14.9. The van der Waals surface area contributed by atoms with Crippen LogP contribution in [0.2, 0.25) is 0 Å². The third-order valence-corrected chi connectivity index (χ3v) is 4.05. The number of ether oxygens (including phenoxy) is 1. The number of allylic oxidation sites excluding steroid dienone is 1. The molecule has 1 aromatic carbocycles. The molecule has 0 saturated heterocycles. The molecule has 1 aliphatic rings. The van der Waals surface area contributed by atoms with Gasteiger partial charge in [0.2, 0.25) is 0 Å². The van der Waals surface area contributed by atoms with Crippen molar-refractivity contribution in [3.8, 4) is 0 Å². The first-order valence-electron chi connectivity index (χ1n) is 6.36. The molecule has 0 radical (unpaired) electrons. The van der Waals surface area contributed by atoms with Crippen LogP contribution in [0.1, 0.15) is 24.1 Å². The molecule has 106 valence electrons. The van der Waals surface area contributed by atoms with Crippen LogP contribution in [0, 0.1) is 6.92 Å². The summed E-state index contributed by atoms with van der Waals surface area (Å²) in [6.45, 7) is 3.90. The largest absolute Gasteiger partial charge is 0.466 e. The van der Waals surface area contributed by atoms with Crippen molar-refractivity contribution in [2.75, 3.05) is 14.2 Å². The van der Waals surface area contributed by atoms with Crippen molar-refractivity contribution in [1.29, 1.82) is 0 Å². The van der Waals surface area contributed by atoms with Gasteiger partial charge in [-0.25, -0.2) is 4.79 Å². The van der Waals surface area contributed by atoms with Crippen LogP contribution in [-0.4, -0.2) is 30.1 Å². The summed E-state index contributed by atoms with van der Waals surface area (Å²) >= 11 is 5.33. The number of thiocarbonyl (C=S) groups is 1. The lowest BCUT2D eigenvalue weighted by Crippen LogP contribution is -2.46. The number of nitrogens with one attached hydrogen (secondary N) is 1. The molecule has 0 saturated carbocycles. The van der Waals surface area contributed by atoms with Gasteiger partial charge >= 0.3 is 5.97 Å². The van der Waals surface area contributed by atoms with E-state index >= 15 is 0 Å². The van der Waals surface area contributed by atoms with Crippen LogP contribution in [0.15, 0.2) is 35.5 Å². The first kappa shape index (κ1) is 14.5. The molecule has 0 fully saturated rings. The third kappa shape index (κ3) is 2.41. The average Bonchev–Trinajstić information content (AvgIpc) is 2.44. The summed E-state index contributed by atoms with van der Waals surface area (Å²) in [5, 5.41) is 3.82. The van der Waals surface area contributed by atoms with Gasteiger partial charge in [0.25, 0.3) is 0 Å². The van der Waals surface area contributed by atoms with Gasteiger partial charge in [-0.15, -0.1) is 0 Å². The SMILES string of the molecule is COC(=O)C1=C(C)N(C)C(=S)NC1c1ccccc1C. The van der Waals surface area contributed by atoms with Gasteiger partial charge in [-0.2, -0.15) is 0 Å². The number of rotatable bonds is 2. The molecular weight excluding hydrogens is 272 g/mol. The maximum atomic E-state index is 12.1. The summed E-state index contributed by atoms with van der Waals surface area (Å²) in [7, 11) is 3.23. The van der Waals surface area contributed by atoms with Crippen LogP contribution in [0.25, 0.3) is 0 Å². The summed E-state index contributed by atoms with van der Waals surface area (Å²) < 4.78 is 4.93. The van der Waals surface area contributed by atoms with Crippen molar-refractivity contribution in [3.05, 3.63) is 46.7 Å². The van der Waals surface area contributed by atoms with E-state index in [1.165, 1.54) is 7.11 Å². The molecule has 1 heterocycles. The minimum Gasteiger partial charge on any atom is -0.466 e. The molecule has 1 aromatic rings. The number of carbonyl (C=O) groups excluding carboxylic acids is 1. The van der Waals surface area contributed by atoms with Crippen LogP contribution < -0.4 is 5.32 Å². The lowest BCUT2D eigenvalue weighted by atomic mass is 9.92. The van der Waals surface area contributed by atoms with Gasteiger partial charge in [0.15, 0.2) is 5.11 Å². The second-order valence-electron chi connectivity index (χ2n) is 4.79. The van der Waals surface area contributed by atoms with E-state index in [1.807, 2.05) is 45.2 Å². The normalized spacial score (nSPS) is 18.9. The molecule has 0 bridgehead atoms. The molecule has 5 heteroatoms. The zero-order valence-electron chi connectivity index (χ0n) is 12.1. The number of benzene rings is 1. The molecule has 1 aliphatic heterocycles. The Morgan fingerprint density at radius 1 is 1.35 bits per heavy atom. The Hall–Kier alpha value is -1.88. The number of carbonyl (C=O) groups is 1. The molecule has 0 amide bonds. The van der Waals surface area contributed by atoms with Crippen molar-refractivity contribution < 1.29 is 9.53 Å². The molecule has 2 rings (SSSR count). The van der Waals surface area contributed by atoms with E-state index in [1.54, 1.807) is 4.90 Å². The first-order chi connectivity index (χ1) is 9.47. The molecule has 1 atom stereocenters. The lowest BCUT2D eigenvalue weighted by Gasteiger charge is -2.35. The summed E-state index contributed by atoms with van der Waals surface area (Å²) in [6.07, 6.45) is 0. The van der Waals surface area contributed by atoms with Gasteiger partial charge in [-0.05, 0) is 37.2 Å². The minimum atomic E-state index is -0.336. The van der Waals surface area contributed by atoms with Crippen LogP contribution in [-0.2, 0) is 9.53 Å². The maximum absolute atomic E-state index is 12.1. The van der Waals surface area contributed by atoms with Crippen molar-refractivity contribution in [2.24, 2.45) is 0 Å². The second-order valence-corrected chi connectivity index (χ2v) is 5.18. The van der Waals surface area contributed by atoms with E-state index in [0.717, 1.165) is 16.8 Å². The standard InChI is InChI=1S/C15H18N2O2S/c1-9-7-5-6-8-11(9)13-12(14(18)19-4)10(2)17(3)15(20)16-13/h5-8,13H,1-4H3,(H,16,20). The van der Waals surface area contributed by atoms with E-state index < -0.39 is 0 Å². The molecule has 20 heavy (non-hydrogen) atoms. The molecule has 1 N–H and O–H groups in total. The summed E-state index contributed by atoms with van der Waals surface area (Å²) in [4.78, 5) is 13.9. The highest BCUT2D eigenvalue weighted by Crippen LogP contribution is 2.31. The van der Waals surface area contributed by atoms with E-state index in [9.17, 15) is 4.79 Å². The lowest BCUT2D eigenvalue weighted by molar-refractivity contribution is -0.136. The quantitative estimate of drug-likeness (QED) is 0.668. The van der Waals surface area contributed by atoms with E-state index in [0.29, 0.717) is 10.7 Å². The summed E-state index contributed by atoms with van der Waals surface area (Å²) in [5.74, 6) is -0.336. The highest BCUT2D eigenvalue weighted by Gasteiger charge is 2.33. The molecule has 0 aliphatic carbocycles. The Bertz CT molecular complexity index is 595. The number of esters is 1. The number of nitrogens with zero attached hydrogens (tertiary/aromatic N) is 1. The number of hydrogen-bond donors (Lipinski definition) is 1. The zero-order valence-corrected chi connectivity index (χ0v) is 12.9. The van der Waals surface area contributed by atoms with Crippen molar-refractivity contribution in [3.63, 3.8) is 0 Å². The van der Waals surface area contributed by atoms with Crippen LogP contribution in [0.3, 0.4) is 0 Å². The van der Waals surface area contributed by atoms with E-state index in [4.69, 9.17) is 17.0 Å². The summed E-state index contributed by atoms with van der Waals surface area (Å²) in [5.41, 5.74) is 3.54. The van der Waals surface area contributed by atoms with Crippen LogP contribution in [0.4, 0.5) is 0 Å². The van der Waals surface area contributed by atoms with Crippen LogP contribution >= 0.6 is 12.2 Å². The number of aryl methyl sites for hydroxylation is 1. The topological polar surface area (TPSA) is 41.6 Å². The van der Waals surface area contributed by atoms with Crippen molar-refractivity contribution in [1.82, 2.24) is 10.2 Å². The first-order valence-corrected chi connectivity index (χ1v) is 6.77. The Morgan fingerprint density at radius 2 is 2.00 bits per heavy atom. The number of hydrogen-bond acceptors (Lipinski definition) is 3. The predicted octanol–water partition coefficient (Wildman–Crippen LogP) is 2.30. The Kier molecular flexibility index (Phi) is 4.09. The molecule has 1 unspecified atom stereocenters. The molecule has 4 nitrogen and oxygen atoms in total. The fourth-order valence-corrected chi connectivity index (χ4v) is 2.61. The number of methoxy groups -OCH3 is 1. The second kappa shape index (κ2) is 5.63. The Labute approximate surface area is 124 Å². The van der Waals surface area contributed by atoms with Gasteiger partial charge in [-0.1, -0.05) is 24.3 Å². The van der Waals surface area contributed by atoms with Gasteiger partial charge in [-0.3, -0.25) is 0 Å². The van der Waals surface area contributed by atoms with Crippen LogP contribution in [0.5, 0.6) is 0 Å². The third-order valence-electron chi connectivity index (χ3n) is 3.66. The van der Waals surface area contributed by atoms with Crippen molar-refractivity contribution in [2.45, 2.75) is 19.9 Å². The average molecular weight is 290 g/mol. The van der Waals surface area contributed by atoms with E-state index in [2.05, 4.69) is 5.32 Å². The minimum absolute atomic E-state index is 0.271. The Morgan fingerprint density at radius 3 is 2.60 bits per heavy atom. The van der Waals surface area contributed by atoms with Gasteiger partial charge in [0, 0.05) is 12.7 Å². The van der Waals surface area contributed by atoms with Gasteiger partial charge in [0.05, 0.1) is 18.7 Å². The van der Waals surface area contributed by atoms with Gasteiger partial charge < -0.3 is 15.0 Å². The summed E-state index contributed by atoms with van der Waals surface area (Å²) in [6, 6.07) is 7.67. The fraction of sp³-hybridized carbons (Fsp3) is 0.333. The fourth-order valence-electron chi connectivity index (χ4n) is 2.35. The smallest absolute Gasteiger partial charge is 0.337 e. The molecule has 0 aromatic heterocycles. The molecular formula is C15H18N2O2S. The maximum Gasteiger partial charge on any atom is 0.337 e. The Balaban J connectivity index is 2.58. The van der Waals surface area contributed by atoms with E-state index in [-0.39, 0.29) is 12.0 Å². The highest BCUT2D eigenvalue weighted by atomic mass is 32.1. The molecule has 0 spiro atoms. The van der Waals surface area contributed by atoms with Crippen molar-refractivity contribution >= 4 is 23.3 Å². The van der Waals surface area contributed by atoms with Gasteiger partial charge in [0.1, 0.15) is 0 Å². The monoisotopic (exact) mass is 290 g/mol. The highest BCUT2D eigenvalue weighted by molar-refractivity contribution is 7.80.